The van der Waals surface area contributed by atoms with Gasteiger partial charge in [0.25, 0.3) is 5.91 Å². The van der Waals surface area contributed by atoms with Gasteiger partial charge in [-0.25, -0.2) is 0 Å². The van der Waals surface area contributed by atoms with Crippen LogP contribution in [0.4, 0.5) is 0 Å². The minimum Gasteiger partial charge on any atom is -0.354 e. The van der Waals surface area contributed by atoms with Crippen molar-refractivity contribution in [3.05, 3.63) is 34.9 Å². The summed E-state index contributed by atoms with van der Waals surface area (Å²) in [6.45, 7) is 2.58. The number of carbonyl (C=O) groups is 2. The molecule has 5 nitrogen and oxygen atoms in total. The third-order valence-corrected chi connectivity index (χ3v) is 3.74. The molecule has 1 aliphatic rings. The summed E-state index contributed by atoms with van der Waals surface area (Å²) in [7, 11) is 0. The highest BCUT2D eigenvalue weighted by molar-refractivity contribution is 6.30. The first-order chi connectivity index (χ1) is 10.2. The molecular weight excluding hydrogens is 290 g/mol. The molecule has 1 aromatic rings. The summed E-state index contributed by atoms with van der Waals surface area (Å²) in [5.41, 5.74) is 0.558. The summed E-state index contributed by atoms with van der Waals surface area (Å²) in [4.78, 5) is 23.7. The van der Waals surface area contributed by atoms with Crippen molar-refractivity contribution in [3.8, 4) is 0 Å². The number of amides is 2. The van der Waals surface area contributed by atoms with Gasteiger partial charge in [-0.3, -0.25) is 9.59 Å². The Morgan fingerprint density at radius 1 is 1.19 bits per heavy atom. The first-order valence-corrected chi connectivity index (χ1v) is 7.57. The van der Waals surface area contributed by atoms with E-state index < -0.39 is 0 Å². The summed E-state index contributed by atoms with van der Waals surface area (Å²) in [6.07, 6.45) is 1.96. The number of halogens is 1. The van der Waals surface area contributed by atoms with Gasteiger partial charge in [-0.15, -0.1) is 0 Å². The molecule has 0 saturated carbocycles. The van der Waals surface area contributed by atoms with E-state index in [2.05, 4.69) is 16.0 Å². The van der Waals surface area contributed by atoms with Crippen LogP contribution in [0.5, 0.6) is 0 Å². The van der Waals surface area contributed by atoms with Gasteiger partial charge in [-0.05, 0) is 43.7 Å². The lowest BCUT2D eigenvalue weighted by atomic mass is 9.99. The predicted octanol–water partition coefficient (Wildman–Crippen LogP) is 1.19. The van der Waals surface area contributed by atoms with Crippen LogP contribution in [0, 0.1) is 5.92 Å². The fourth-order valence-corrected chi connectivity index (χ4v) is 2.41. The second-order valence-corrected chi connectivity index (χ2v) is 5.53. The van der Waals surface area contributed by atoms with E-state index in [0.29, 0.717) is 23.7 Å². The van der Waals surface area contributed by atoms with Crippen LogP contribution in [0.2, 0.25) is 5.02 Å². The van der Waals surface area contributed by atoms with Crippen LogP contribution in [0.25, 0.3) is 0 Å². The van der Waals surface area contributed by atoms with Crippen LogP contribution >= 0.6 is 11.6 Å². The maximum atomic E-state index is 11.9. The van der Waals surface area contributed by atoms with Crippen LogP contribution < -0.4 is 16.0 Å². The second kappa shape index (κ2) is 8.00. The summed E-state index contributed by atoms with van der Waals surface area (Å²) in [6, 6.07) is 6.69. The maximum absolute atomic E-state index is 11.9. The first kappa shape index (κ1) is 15.8. The number of carbonyl (C=O) groups excluding carboxylic acids is 2. The van der Waals surface area contributed by atoms with Crippen LogP contribution in [0.1, 0.15) is 23.2 Å². The molecule has 1 heterocycles. The van der Waals surface area contributed by atoms with E-state index in [1.165, 1.54) is 0 Å². The number of piperidine rings is 1. The minimum atomic E-state index is -0.166. The zero-order valence-electron chi connectivity index (χ0n) is 11.8. The largest absolute Gasteiger partial charge is 0.354 e. The van der Waals surface area contributed by atoms with Gasteiger partial charge in [0.1, 0.15) is 0 Å². The molecule has 0 aliphatic carbocycles. The van der Waals surface area contributed by atoms with Crippen molar-refractivity contribution < 1.29 is 9.59 Å². The number of hydrogen-bond acceptors (Lipinski definition) is 3. The van der Waals surface area contributed by atoms with E-state index in [4.69, 9.17) is 11.6 Å². The van der Waals surface area contributed by atoms with Crippen molar-refractivity contribution >= 4 is 23.4 Å². The summed E-state index contributed by atoms with van der Waals surface area (Å²) in [5.74, 6) is -0.0612. The highest BCUT2D eigenvalue weighted by atomic mass is 35.5. The van der Waals surface area contributed by atoms with Crippen LogP contribution in [0.15, 0.2) is 24.3 Å². The molecule has 1 fully saturated rings. The molecule has 1 aliphatic heterocycles. The highest BCUT2D eigenvalue weighted by Gasteiger charge is 2.20. The fourth-order valence-electron chi connectivity index (χ4n) is 2.29. The number of rotatable bonds is 5. The summed E-state index contributed by atoms with van der Waals surface area (Å²) >= 11 is 5.77. The van der Waals surface area contributed by atoms with E-state index in [0.717, 1.165) is 25.9 Å². The smallest absolute Gasteiger partial charge is 0.251 e. The molecule has 0 radical (unpaired) electrons. The lowest BCUT2D eigenvalue weighted by Crippen LogP contribution is -2.42. The zero-order valence-corrected chi connectivity index (χ0v) is 12.6. The van der Waals surface area contributed by atoms with Crippen LogP contribution in [0.3, 0.4) is 0 Å². The van der Waals surface area contributed by atoms with Gasteiger partial charge < -0.3 is 16.0 Å². The average Bonchev–Trinajstić information content (AvgIpc) is 2.52. The highest BCUT2D eigenvalue weighted by Crippen LogP contribution is 2.10. The van der Waals surface area contributed by atoms with Gasteiger partial charge in [0, 0.05) is 30.2 Å². The predicted molar refractivity (Wildman–Crippen MR) is 82.4 cm³/mol. The minimum absolute atomic E-state index is 0.0470. The Balaban J connectivity index is 1.66. The van der Waals surface area contributed by atoms with Crippen molar-refractivity contribution in [3.63, 3.8) is 0 Å². The van der Waals surface area contributed by atoms with E-state index >= 15 is 0 Å². The SMILES string of the molecule is O=C(NCCNC(=O)C1CCCNC1)c1ccc(Cl)cc1. The lowest BCUT2D eigenvalue weighted by molar-refractivity contribution is -0.125. The van der Waals surface area contributed by atoms with Gasteiger partial charge in [0.15, 0.2) is 0 Å². The van der Waals surface area contributed by atoms with E-state index in [-0.39, 0.29) is 17.7 Å². The molecule has 21 heavy (non-hydrogen) atoms. The maximum Gasteiger partial charge on any atom is 0.251 e. The molecule has 1 saturated heterocycles. The molecule has 0 bridgehead atoms. The second-order valence-electron chi connectivity index (χ2n) is 5.10. The van der Waals surface area contributed by atoms with E-state index in [1.54, 1.807) is 24.3 Å². The summed E-state index contributed by atoms with van der Waals surface area (Å²) in [5, 5.41) is 9.42. The Morgan fingerprint density at radius 2 is 1.90 bits per heavy atom. The van der Waals surface area contributed by atoms with E-state index in [1.807, 2.05) is 0 Å². The van der Waals surface area contributed by atoms with Gasteiger partial charge in [-0.1, -0.05) is 11.6 Å². The lowest BCUT2D eigenvalue weighted by Gasteiger charge is -2.21. The van der Waals surface area contributed by atoms with Crippen LogP contribution in [-0.4, -0.2) is 38.0 Å². The van der Waals surface area contributed by atoms with Gasteiger partial charge in [0.2, 0.25) is 5.91 Å². The molecule has 2 rings (SSSR count). The fraction of sp³-hybridized carbons (Fsp3) is 0.467. The Bertz CT molecular complexity index is 484. The number of nitrogens with one attached hydrogen (secondary N) is 3. The Hall–Kier alpha value is -1.59. The van der Waals surface area contributed by atoms with Gasteiger partial charge in [0.05, 0.1) is 5.92 Å². The van der Waals surface area contributed by atoms with E-state index in [9.17, 15) is 9.59 Å². The van der Waals surface area contributed by atoms with Crippen molar-refractivity contribution in [1.29, 1.82) is 0 Å². The third kappa shape index (κ3) is 5.02. The molecule has 1 aromatic carbocycles. The molecule has 114 valence electrons. The van der Waals surface area contributed by atoms with Crippen molar-refractivity contribution in [2.75, 3.05) is 26.2 Å². The molecule has 6 heteroatoms. The van der Waals surface area contributed by atoms with Crippen molar-refractivity contribution in [2.45, 2.75) is 12.8 Å². The van der Waals surface area contributed by atoms with Crippen molar-refractivity contribution in [1.82, 2.24) is 16.0 Å². The van der Waals surface area contributed by atoms with Crippen LogP contribution in [-0.2, 0) is 4.79 Å². The molecule has 1 unspecified atom stereocenters. The van der Waals surface area contributed by atoms with Crippen molar-refractivity contribution in [2.24, 2.45) is 5.92 Å². The quantitative estimate of drug-likeness (QED) is 0.716. The molecule has 0 aromatic heterocycles. The Labute approximate surface area is 129 Å². The third-order valence-electron chi connectivity index (χ3n) is 3.48. The van der Waals surface area contributed by atoms with Gasteiger partial charge >= 0.3 is 0 Å². The Kier molecular flexibility index (Phi) is 6.02. The molecular formula is C15H20ClN3O2. The molecule has 0 spiro atoms. The monoisotopic (exact) mass is 309 g/mol. The molecule has 3 N–H and O–H groups in total. The molecule has 2 amide bonds. The Morgan fingerprint density at radius 3 is 2.57 bits per heavy atom. The number of benzene rings is 1. The normalized spacial score (nSPS) is 18.0. The first-order valence-electron chi connectivity index (χ1n) is 7.19. The van der Waals surface area contributed by atoms with Gasteiger partial charge in [-0.2, -0.15) is 0 Å². The topological polar surface area (TPSA) is 70.2 Å². The standard InChI is InChI=1S/C15H20ClN3O2/c16-13-5-3-11(4-6-13)14(20)18-8-9-19-15(21)12-2-1-7-17-10-12/h3-6,12,17H,1-2,7-10H2,(H,18,20)(H,19,21). The average molecular weight is 310 g/mol. The molecule has 1 atom stereocenters. The summed E-state index contributed by atoms with van der Waals surface area (Å²) < 4.78 is 0. The number of hydrogen-bond donors (Lipinski definition) is 3. The zero-order chi connectivity index (χ0) is 15.1.